The Kier molecular flexibility index (Phi) is 4.48. The second-order valence-corrected chi connectivity index (χ2v) is 4.61. The molecule has 0 aromatic heterocycles. The minimum atomic E-state index is -0.374. The third kappa shape index (κ3) is 3.22. The van der Waals surface area contributed by atoms with E-state index in [9.17, 15) is 9.18 Å². The minimum absolute atomic E-state index is 0.312. The van der Waals surface area contributed by atoms with Gasteiger partial charge in [-0.05, 0) is 43.3 Å². The molecule has 0 atom stereocenters. The molecule has 4 heteroatoms. The highest BCUT2D eigenvalue weighted by molar-refractivity contribution is 6.04. The van der Waals surface area contributed by atoms with E-state index in [0.717, 1.165) is 11.3 Å². The van der Waals surface area contributed by atoms with Gasteiger partial charge in [0.05, 0.1) is 0 Å². The number of rotatable bonds is 4. The number of nitrogens with one attached hydrogen (secondary N) is 2. The van der Waals surface area contributed by atoms with Crippen molar-refractivity contribution in [3.63, 3.8) is 0 Å². The molecule has 2 aromatic rings. The Bertz CT molecular complexity index is 626. The molecule has 2 N–H and O–H groups in total. The van der Waals surface area contributed by atoms with Crippen LogP contribution in [-0.4, -0.2) is 13.0 Å². The Labute approximate surface area is 117 Å². The summed E-state index contributed by atoms with van der Waals surface area (Å²) < 4.78 is 13.5. The highest BCUT2D eigenvalue weighted by Crippen LogP contribution is 2.17. The van der Waals surface area contributed by atoms with Gasteiger partial charge in [-0.15, -0.1) is 0 Å². The molecule has 0 aliphatic rings. The van der Waals surface area contributed by atoms with Crippen LogP contribution in [0.2, 0.25) is 0 Å². The topological polar surface area (TPSA) is 41.1 Å². The molecule has 20 heavy (non-hydrogen) atoms. The molecule has 104 valence electrons. The molecule has 0 aliphatic carbocycles. The lowest BCUT2D eigenvalue weighted by atomic mass is 10.1. The number of benzene rings is 2. The van der Waals surface area contributed by atoms with Gasteiger partial charge in [-0.25, -0.2) is 4.39 Å². The zero-order chi connectivity index (χ0) is 14.5. The zero-order valence-corrected chi connectivity index (χ0v) is 11.5. The van der Waals surface area contributed by atoms with E-state index < -0.39 is 0 Å². The van der Waals surface area contributed by atoms with Gasteiger partial charge in [-0.2, -0.15) is 0 Å². The van der Waals surface area contributed by atoms with Crippen LogP contribution in [0, 0.1) is 12.7 Å². The Morgan fingerprint density at radius 1 is 1.20 bits per heavy atom. The van der Waals surface area contributed by atoms with Gasteiger partial charge in [0.15, 0.2) is 0 Å². The first-order valence-corrected chi connectivity index (χ1v) is 6.42. The first-order valence-electron chi connectivity index (χ1n) is 6.42. The summed E-state index contributed by atoms with van der Waals surface area (Å²) in [6.45, 7) is 2.32. The Hall–Kier alpha value is -2.20. The molecule has 0 radical (unpaired) electrons. The third-order valence-electron chi connectivity index (χ3n) is 3.07. The molecule has 0 aliphatic heterocycles. The van der Waals surface area contributed by atoms with Crippen molar-refractivity contribution in [2.75, 3.05) is 12.4 Å². The van der Waals surface area contributed by atoms with Crippen LogP contribution in [0.5, 0.6) is 0 Å². The van der Waals surface area contributed by atoms with E-state index in [2.05, 4.69) is 10.6 Å². The molecule has 0 saturated carbocycles. The standard InChI is InChI=1S/C16H17FN2O/c1-11-7-8-12(9-14(11)17)16(20)19-15-6-4-3-5-13(15)10-18-2/h3-9,18H,10H2,1-2H3,(H,19,20). The minimum Gasteiger partial charge on any atom is -0.322 e. The van der Waals surface area contributed by atoms with Crippen molar-refractivity contribution < 1.29 is 9.18 Å². The number of halogens is 1. The van der Waals surface area contributed by atoms with Crippen molar-refractivity contribution in [1.29, 1.82) is 0 Å². The van der Waals surface area contributed by atoms with E-state index in [4.69, 9.17) is 0 Å². The summed E-state index contributed by atoms with van der Waals surface area (Å²) in [5.74, 6) is -0.686. The largest absolute Gasteiger partial charge is 0.322 e. The van der Waals surface area contributed by atoms with Crippen LogP contribution >= 0.6 is 0 Å². The summed E-state index contributed by atoms with van der Waals surface area (Å²) in [6.07, 6.45) is 0. The predicted octanol–water partition coefficient (Wildman–Crippen LogP) is 3.11. The average molecular weight is 272 g/mol. The maximum absolute atomic E-state index is 13.5. The van der Waals surface area contributed by atoms with Crippen molar-refractivity contribution in [3.8, 4) is 0 Å². The Balaban J connectivity index is 2.21. The fourth-order valence-corrected chi connectivity index (χ4v) is 1.92. The zero-order valence-electron chi connectivity index (χ0n) is 11.5. The smallest absolute Gasteiger partial charge is 0.255 e. The van der Waals surface area contributed by atoms with Gasteiger partial charge < -0.3 is 10.6 Å². The highest BCUT2D eigenvalue weighted by atomic mass is 19.1. The van der Waals surface area contributed by atoms with Crippen molar-refractivity contribution in [1.82, 2.24) is 5.32 Å². The van der Waals surface area contributed by atoms with Gasteiger partial charge in [-0.3, -0.25) is 4.79 Å². The lowest BCUT2D eigenvalue weighted by molar-refractivity contribution is 0.102. The maximum Gasteiger partial charge on any atom is 0.255 e. The van der Waals surface area contributed by atoms with Crippen LogP contribution in [0.1, 0.15) is 21.5 Å². The first-order chi connectivity index (χ1) is 9.61. The number of anilines is 1. The first kappa shape index (κ1) is 14.2. The number of hydrogen-bond acceptors (Lipinski definition) is 2. The molecule has 2 rings (SSSR count). The number of aryl methyl sites for hydroxylation is 1. The SMILES string of the molecule is CNCc1ccccc1NC(=O)c1ccc(C)c(F)c1. The highest BCUT2D eigenvalue weighted by Gasteiger charge is 2.10. The predicted molar refractivity (Wildman–Crippen MR) is 78.3 cm³/mol. The summed E-state index contributed by atoms with van der Waals surface area (Å²) >= 11 is 0. The van der Waals surface area contributed by atoms with Crippen LogP contribution in [0.4, 0.5) is 10.1 Å². The molecule has 2 aromatic carbocycles. The van der Waals surface area contributed by atoms with E-state index in [1.54, 1.807) is 19.1 Å². The van der Waals surface area contributed by atoms with Crippen LogP contribution in [0.15, 0.2) is 42.5 Å². The van der Waals surface area contributed by atoms with E-state index in [0.29, 0.717) is 17.7 Å². The van der Waals surface area contributed by atoms with Gasteiger partial charge in [0, 0.05) is 17.8 Å². The normalized spacial score (nSPS) is 10.3. The summed E-state index contributed by atoms with van der Waals surface area (Å²) in [4.78, 5) is 12.1. The van der Waals surface area contributed by atoms with Gasteiger partial charge >= 0.3 is 0 Å². The van der Waals surface area contributed by atoms with Gasteiger partial charge in [0.25, 0.3) is 5.91 Å². The maximum atomic E-state index is 13.5. The Morgan fingerprint density at radius 2 is 1.95 bits per heavy atom. The molecule has 0 saturated heterocycles. The van der Waals surface area contributed by atoms with Crippen molar-refractivity contribution >= 4 is 11.6 Å². The number of para-hydroxylation sites is 1. The van der Waals surface area contributed by atoms with E-state index >= 15 is 0 Å². The second kappa shape index (κ2) is 6.30. The van der Waals surface area contributed by atoms with Crippen molar-refractivity contribution in [2.45, 2.75) is 13.5 Å². The van der Waals surface area contributed by atoms with Gasteiger partial charge in [0.2, 0.25) is 0 Å². The lowest BCUT2D eigenvalue weighted by Crippen LogP contribution is -2.15. The second-order valence-electron chi connectivity index (χ2n) is 4.61. The molecular formula is C16H17FN2O. The lowest BCUT2D eigenvalue weighted by Gasteiger charge is -2.11. The fourth-order valence-electron chi connectivity index (χ4n) is 1.92. The molecule has 0 unspecified atom stereocenters. The van der Waals surface area contributed by atoms with Crippen molar-refractivity contribution in [2.24, 2.45) is 0 Å². The molecule has 0 fully saturated rings. The molecular weight excluding hydrogens is 255 g/mol. The molecule has 3 nitrogen and oxygen atoms in total. The van der Waals surface area contributed by atoms with Gasteiger partial charge in [-0.1, -0.05) is 24.3 Å². The van der Waals surface area contributed by atoms with E-state index in [1.165, 1.54) is 6.07 Å². The molecule has 0 spiro atoms. The van der Waals surface area contributed by atoms with Crippen LogP contribution < -0.4 is 10.6 Å². The van der Waals surface area contributed by atoms with Crippen LogP contribution in [0.3, 0.4) is 0 Å². The molecule has 1 amide bonds. The number of amides is 1. The van der Waals surface area contributed by atoms with E-state index in [1.807, 2.05) is 31.3 Å². The summed E-state index contributed by atoms with van der Waals surface area (Å²) in [5.41, 5.74) is 2.55. The summed E-state index contributed by atoms with van der Waals surface area (Å²) in [5, 5.41) is 5.86. The third-order valence-corrected chi connectivity index (χ3v) is 3.07. The van der Waals surface area contributed by atoms with Crippen LogP contribution in [-0.2, 0) is 6.54 Å². The molecule has 0 heterocycles. The number of carbonyl (C=O) groups excluding carboxylic acids is 1. The summed E-state index contributed by atoms with van der Waals surface area (Å²) in [6, 6.07) is 12.0. The van der Waals surface area contributed by atoms with Crippen molar-refractivity contribution in [3.05, 3.63) is 65.0 Å². The van der Waals surface area contributed by atoms with Crippen LogP contribution in [0.25, 0.3) is 0 Å². The number of hydrogen-bond donors (Lipinski definition) is 2. The monoisotopic (exact) mass is 272 g/mol. The summed E-state index contributed by atoms with van der Waals surface area (Å²) in [7, 11) is 1.84. The Morgan fingerprint density at radius 3 is 2.65 bits per heavy atom. The fraction of sp³-hybridized carbons (Fsp3) is 0.188. The number of carbonyl (C=O) groups is 1. The van der Waals surface area contributed by atoms with E-state index in [-0.39, 0.29) is 11.7 Å². The molecule has 0 bridgehead atoms. The quantitative estimate of drug-likeness (QED) is 0.898. The van der Waals surface area contributed by atoms with Gasteiger partial charge in [0.1, 0.15) is 5.82 Å². The average Bonchev–Trinajstić information content (AvgIpc) is 2.44.